The molecule has 1 N–H and O–H groups in total. The second kappa shape index (κ2) is 7.55. The van der Waals surface area contributed by atoms with Crippen LogP contribution in [-0.4, -0.2) is 28.2 Å². The lowest BCUT2D eigenvalue weighted by Gasteiger charge is -2.03. The molecule has 122 valence electrons. The number of hydrogen-bond donors (Lipinski definition) is 1. The maximum atomic E-state index is 5.27. The number of hydrogen-bond acceptors (Lipinski definition) is 4. The van der Waals surface area contributed by atoms with Crippen molar-refractivity contribution >= 4 is 34.4 Å². The molecule has 0 spiro atoms. The standard InChI is InChI=1S/C17H15BrN4OS/c1-23-15-7-5-12(6-8-15)10-16-20-21-17(24)22(16)19-11-13-3-2-4-14(18)9-13/h2-9,11H,10H2,1H3,(H,21,24)/b19-11-. The summed E-state index contributed by atoms with van der Waals surface area (Å²) < 4.78 is 8.28. The zero-order valence-corrected chi connectivity index (χ0v) is 15.3. The van der Waals surface area contributed by atoms with E-state index in [1.165, 1.54) is 0 Å². The first-order valence-corrected chi connectivity index (χ1v) is 8.45. The van der Waals surface area contributed by atoms with Gasteiger partial charge in [-0.25, -0.2) is 0 Å². The monoisotopic (exact) mass is 402 g/mol. The van der Waals surface area contributed by atoms with Crippen LogP contribution in [0.15, 0.2) is 58.1 Å². The molecule has 0 bridgehead atoms. The van der Waals surface area contributed by atoms with Crippen molar-refractivity contribution in [1.82, 2.24) is 14.9 Å². The highest BCUT2D eigenvalue weighted by Gasteiger charge is 2.06. The Morgan fingerprint density at radius 1 is 1.29 bits per heavy atom. The molecule has 0 aliphatic heterocycles. The van der Waals surface area contributed by atoms with Crippen molar-refractivity contribution in [1.29, 1.82) is 0 Å². The summed E-state index contributed by atoms with van der Waals surface area (Å²) >= 11 is 8.72. The van der Waals surface area contributed by atoms with E-state index in [4.69, 9.17) is 17.0 Å². The van der Waals surface area contributed by atoms with Crippen LogP contribution in [0, 0.1) is 4.77 Å². The minimum absolute atomic E-state index is 0.463. The molecule has 5 nitrogen and oxygen atoms in total. The number of H-pyrrole nitrogens is 1. The third-order valence-electron chi connectivity index (χ3n) is 3.41. The van der Waals surface area contributed by atoms with Crippen LogP contribution < -0.4 is 4.74 Å². The summed E-state index contributed by atoms with van der Waals surface area (Å²) in [6, 6.07) is 15.7. The average molecular weight is 403 g/mol. The van der Waals surface area contributed by atoms with E-state index >= 15 is 0 Å². The summed E-state index contributed by atoms with van der Waals surface area (Å²) in [6.07, 6.45) is 2.38. The molecule has 0 fully saturated rings. The van der Waals surface area contributed by atoms with Gasteiger partial charge in [0.05, 0.1) is 13.3 Å². The van der Waals surface area contributed by atoms with Crippen LogP contribution in [0.3, 0.4) is 0 Å². The highest BCUT2D eigenvalue weighted by Crippen LogP contribution is 2.14. The van der Waals surface area contributed by atoms with E-state index in [0.717, 1.165) is 27.2 Å². The first-order valence-electron chi connectivity index (χ1n) is 7.25. The van der Waals surface area contributed by atoms with Gasteiger partial charge in [0, 0.05) is 10.9 Å². The van der Waals surface area contributed by atoms with Crippen molar-refractivity contribution in [2.24, 2.45) is 5.10 Å². The minimum Gasteiger partial charge on any atom is -0.497 e. The summed E-state index contributed by atoms with van der Waals surface area (Å²) in [4.78, 5) is 0. The summed E-state index contributed by atoms with van der Waals surface area (Å²) in [7, 11) is 1.65. The minimum atomic E-state index is 0.463. The van der Waals surface area contributed by atoms with Gasteiger partial charge in [0.1, 0.15) is 5.75 Å². The Balaban J connectivity index is 1.84. The van der Waals surface area contributed by atoms with Crippen LogP contribution in [0.2, 0.25) is 0 Å². The lowest BCUT2D eigenvalue weighted by molar-refractivity contribution is 0.414. The Hall–Kier alpha value is -2.25. The van der Waals surface area contributed by atoms with Gasteiger partial charge in [-0.05, 0) is 47.6 Å². The van der Waals surface area contributed by atoms with E-state index in [0.29, 0.717) is 11.2 Å². The smallest absolute Gasteiger partial charge is 0.216 e. The number of nitrogens with zero attached hydrogens (tertiary/aromatic N) is 3. The maximum absolute atomic E-state index is 5.27. The topological polar surface area (TPSA) is 55.2 Å². The quantitative estimate of drug-likeness (QED) is 0.514. The fourth-order valence-corrected chi connectivity index (χ4v) is 2.81. The van der Waals surface area contributed by atoms with Crippen molar-refractivity contribution in [3.05, 3.63) is 74.7 Å². The lowest BCUT2D eigenvalue weighted by Crippen LogP contribution is -2.00. The first kappa shape index (κ1) is 16.6. The van der Waals surface area contributed by atoms with Gasteiger partial charge in [-0.1, -0.05) is 40.2 Å². The van der Waals surface area contributed by atoms with E-state index in [2.05, 4.69) is 31.2 Å². The van der Waals surface area contributed by atoms with Gasteiger partial charge in [0.2, 0.25) is 4.77 Å². The van der Waals surface area contributed by atoms with Gasteiger partial charge in [0.25, 0.3) is 0 Å². The van der Waals surface area contributed by atoms with Crippen LogP contribution >= 0.6 is 28.1 Å². The summed E-state index contributed by atoms with van der Waals surface area (Å²) in [5.41, 5.74) is 2.08. The van der Waals surface area contributed by atoms with Crippen LogP contribution in [0.1, 0.15) is 17.0 Å². The number of rotatable bonds is 5. The molecule has 1 aromatic heterocycles. The molecule has 3 rings (SSSR count). The molecular weight excluding hydrogens is 388 g/mol. The second-order valence-corrected chi connectivity index (χ2v) is 6.38. The van der Waals surface area contributed by atoms with Gasteiger partial charge in [-0.3, -0.25) is 5.10 Å². The molecule has 3 aromatic rings. The number of aromatic nitrogens is 3. The molecule has 0 saturated heterocycles. The Morgan fingerprint density at radius 2 is 2.08 bits per heavy atom. The third-order valence-corrected chi connectivity index (χ3v) is 4.17. The molecule has 2 aromatic carbocycles. The highest BCUT2D eigenvalue weighted by molar-refractivity contribution is 9.10. The second-order valence-electron chi connectivity index (χ2n) is 5.08. The van der Waals surface area contributed by atoms with Gasteiger partial charge < -0.3 is 4.74 Å². The summed E-state index contributed by atoms with van der Waals surface area (Å²) in [6.45, 7) is 0. The van der Waals surface area contributed by atoms with Crippen LogP contribution in [0.25, 0.3) is 0 Å². The van der Waals surface area contributed by atoms with Gasteiger partial charge in [-0.15, -0.1) is 0 Å². The zero-order valence-electron chi connectivity index (χ0n) is 12.9. The van der Waals surface area contributed by atoms with Crippen LogP contribution in [0.5, 0.6) is 5.75 Å². The third kappa shape index (κ3) is 3.98. The number of aromatic amines is 1. The highest BCUT2D eigenvalue weighted by atomic mass is 79.9. The van der Waals surface area contributed by atoms with Gasteiger partial charge in [-0.2, -0.15) is 14.9 Å². The molecule has 0 radical (unpaired) electrons. The van der Waals surface area contributed by atoms with Crippen molar-refractivity contribution in [2.75, 3.05) is 7.11 Å². The van der Waals surface area contributed by atoms with Crippen molar-refractivity contribution in [3.63, 3.8) is 0 Å². The van der Waals surface area contributed by atoms with Crippen molar-refractivity contribution in [3.8, 4) is 5.75 Å². The Kier molecular flexibility index (Phi) is 5.22. The predicted molar refractivity (Wildman–Crippen MR) is 100 cm³/mol. The number of halogens is 1. The number of nitrogens with one attached hydrogen (secondary N) is 1. The molecule has 0 unspecified atom stereocenters. The number of methoxy groups -OCH3 is 1. The molecule has 0 atom stereocenters. The molecule has 0 aliphatic rings. The SMILES string of the molecule is COc1ccc(Cc2n[nH]c(=S)n2/N=C\c2cccc(Br)c2)cc1. The van der Waals surface area contributed by atoms with Crippen molar-refractivity contribution < 1.29 is 4.74 Å². The largest absolute Gasteiger partial charge is 0.497 e. The summed E-state index contributed by atoms with van der Waals surface area (Å²) in [5.74, 6) is 1.57. The van der Waals surface area contributed by atoms with E-state index in [9.17, 15) is 0 Å². The number of ether oxygens (including phenoxy) is 1. The lowest BCUT2D eigenvalue weighted by atomic mass is 10.1. The fraction of sp³-hybridized carbons (Fsp3) is 0.118. The van der Waals surface area contributed by atoms with E-state index in [1.54, 1.807) is 18.0 Å². The van der Waals surface area contributed by atoms with Crippen molar-refractivity contribution in [2.45, 2.75) is 6.42 Å². The first-order chi connectivity index (χ1) is 11.7. The molecule has 7 heteroatoms. The Labute approximate surface area is 153 Å². The molecule has 0 amide bonds. The Bertz CT molecular complexity index is 915. The van der Waals surface area contributed by atoms with Crippen LogP contribution in [-0.2, 0) is 6.42 Å². The Morgan fingerprint density at radius 3 is 2.79 bits per heavy atom. The van der Waals surface area contributed by atoms with Crippen LogP contribution in [0.4, 0.5) is 0 Å². The summed E-state index contributed by atoms with van der Waals surface area (Å²) in [5, 5.41) is 11.5. The molecular formula is C17H15BrN4OS. The van der Waals surface area contributed by atoms with Gasteiger partial charge >= 0.3 is 0 Å². The molecule has 1 heterocycles. The molecule has 0 aliphatic carbocycles. The molecule has 0 saturated carbocycles. The van der Waals surface area contributed by atoms with Gasteiger partial charge in [0.15, 0.2) is 5.82 Å². The van der Waals surface area contributed by atoms with E-state index < -0.39 is 0 Å². The number of benzene rings is 2. The maximum Gasteiger partial charge on any atom is 0.216 e. The van der Waals surface area contributed by atoms with E-state index in [-0.39, 0.29) is 0 Å². The van der Waals surface area contributed by atoms with E-state index in [1.807, 2.05) is 48.5 Å². The zero-order chi connectivity index (χ0) is 16.9. The fourth-order valence-electron chi connectivity index (χ4n) is 2.20. The molecule has 24 heavy (non-hydrogen) atoms. The average Bonchev–Trinajstić information content (AvgIpc) is 2.93. The predicted octanol–water partition coefficient (Wildman–Crippen LogP) is 4.18. The normalized spacial score (nSPS) is 11.1.